The molecule has 0 radical (unpaired) electrons. The first-order chi connectivity index (χ1) is 14.9. The van der Waals surface area contributed by atoms with Gasteiger partial charge in [-0.15, -0.1) is 0 Å². The van der Waals surface area contributed by atoms with Gasteiger partial charge in [0.25, 0.3) is 10.1 Å². The molecule has 31 heavy (non-hydrogen) atoms. The zero-order chi connectivity index (χ0) is 23.1. The van der Waals surface area contributed by atoms with Gasteiger partial charge in [-0.25, -0.2) is 0 Å². The summed E-state index contributed by atoms with van der Waals surface area (Å²) in [5.74, 6) is 0. The van der Waals surface area contributed by atoms with Crippen LogP contribution in [0.1, 0.15) is 90.5 Å². The molecule has 0 aliphatic rings. The molecule has 1 unspecified atom stereocenters. The van der Waals surface area contributed by atoms with E-state index in [1.807, 2.05) is 37.3 Å². The molecule has 0 saturated carbocycles. The lowest BCUT2D eigenvalue weighted by atomic mass is 10.1. The van der Waals surface area contributed by atoms with Crippen LogP contribution in [0.4, 0.5) is 5.69 Å². The Kier molecular flexibility index (Phi) is 13.2. The van der Waals surface area contributed by atoms with Gasteiger partial charge in [0.15, 0.2) is 0 Å². The SMILES string of the molecule is CCCCCCN(CCCCCC)c1ccc(C=C(C#N)C(CCC)S(=O)(=O)O)cc1. The van der Waals surface area contributed by atoms with Crippen LogP contribution < -0.4 is 4.90 Å². The smallest absolute Gasteiger partial charge is 0.272 e. The minimum atomic E-state index is -4.31. The maximum Gasteiger partial charge on any atom is 0.272 e. The number of anilines is 1. The normalized spacial score (nSPS) is 13.1. The predicted molar refractivity (Wildman–Crippen MR) is 131 cm³/mol. The van der Waals surface area contributed by atoms with Crippen molar-refractivity contribution in [1.82, 2.24) is 0 Å². The van der Waals surface area contributed by atoms with Crippen molar-refractivity contribution in [2.45, 2.75) is 90.2 Å². The molecule has 6 heteroatoms. The van der Waals surface area contributed by atoms with Crippen LogP contribution >= 0.6 is 0 Å². The monoisotopic (exact) mass is 448 g/mol. The van der Waals surface area contributed by atoms with Gasteiger partial charge in [0, 0.05) is 18.8 Å². The molecule has 0 heterocycles. The van der Waals surface area contributed by atoms with Gasteiger partial charge >= 0.3 is 0 Å². The summed E-state index contributed by atoms with van der Waals surface area (Å²) in [5, 5.41) is 8.30. The highest BCUT2D eigenvalue weighted by atomic mass is 32.2. The molecule has 0 saturated heterocycles. The number of benzene rings is 1. The second-order valence-corrected chi connectivity index (χ2v) is 9.80. The van der Waals surface area contributed by atoms with Crippen LogP contribution in [0.2, 0.25) is 0 Å². The topological polar surface area (TPSA) is 81.4 Å². The summed E-state index contributed by atoms with van der Waals surface area (Å²) in [7, 11) is -4.31. The van der Waals surface area contributed by atoms with Crippen molar-refractivity contribution in [3.8, 4) is 6.07 Å². The summed E-state index contributed by atoms with van der Waals surface area (Å²) in [6, 6.07) is 9.90. The Morgan fingerprint density at radius 1 is 0.968 bits per heavy atom. The number of rotatable bonds is 16. The number of nitrogens with zero attached hydrogens (tertiary/aromatic N) is 2. The molecule has 0 spiro atoms. The van der Waals surface area contributed by atoms with Crippen LogP contribution in [0.3, 0.4) is 0 Å². The molecule has 0 aliphatic carbocycles. The third-order valence-electron chi connectivity index (χ3n) is 5.53. The summed E-state index contributed by atoms with van der Waals surface area (Å²) in [5.41, 5.74) is 2.00. The average molecular weight is 449 g/mol. The van der Waals surface area contributed by atoms with Gasteiger partial charge in [0.2, 0.25) is 0 Å². The molecule has 1 rings (SSSR count). The van der Waals surface area contributed by atoms with Crippen LogP contribution in [0.15, 0.2) is 29.8 Å². The summed E-state index contributed by atoms with van der Waals surface area (Å²) in [6.07, 6.45) is 12.2. The molecule has 1 aromatic carbocycles. The molecule has 5 nitrogen and oxygen atoms in total. The van der Waals surface area contributed by atoms with Gasteiger partial charge in [0.05, 0.1) is 11.6 Å². The van der Waals surface area contributed by atoms with E-state index in [2.05, 4.69) is 18.7 Å². The van der Waals surface area contributed by atoms with E-state index in [0.29, 0.717) is 6.42 Å². The number of hydrogen-bond acceptors (Lipinski definition) is 4. The molecule has 0 fully saturated rings. The summed E-state index contributed by atoms with van der Waals surface area (Å²) < 4.78 is 32.9. The van der Waals surface area contributed by atoms with Crippen LogP contribution in [-0.2, 0) is 10.1 Å². The Morgan fingerprint density at radius 2 is 1.52 bits per heavy atom. The van der Waals surface area contributed by atoms with Gasteiger partial charge < -0.3 is 4.90 Å². The zero-order valence-electron chi connectivity index (χ0n) is 19.5. The molecular weight excluding hydrogens is 408 g/mol. The third kappa shape index (κ3) is 10.3. The number of nitriles is 1. The molecule has 1 aromatic rings. The maximum atomic E-state index is 11.7. The summed E-state index contributed by atoms with van der Waals surface area (Å²) in [6.45, 7) is 8.34. The Hall–Kier alpha value is -1.84. The summed E-state index contributed by atoms with van der Waals surface area (Å²) >= 11 is 0. The molecule has 0 amide bonds. The Balaban J connectivity index is 2.98. The van der Waals surface area contributed by atoms with Crippen molar-refractivity contribution in [1.29, 1.82) is 5.26 Å². The molecule has 0 aromatic heterocycles. The number of hydrogen-bond donors (Lipinski definition) is 1. The molecule has 174 valence electrons. The van der Waals surface area contributed by atoms with Gasteiger partial charge in [-0.3, -0.25) is 4.55 Å². The van der Waals surface area contributed by atoms with Crippen molar-refractivity contribution in [2.24, 2.45) is 0 Å². The third-order valence-corrected chi connectivity index (χ3v) is 6.74. The largest absolute Gasteiger partial charge is 0.372 e. The highest BCUT2D eigenvalue weighted by Crippen LogP contribution is 2.22. The molecule has 0 aliphatic heterocycles. The highest BCUT2D eigenvalue weighted by Gasteiger charge is 2.26. The van der Waals surface area contributed by atoms with E-state index >= 15 is 0 Å². The van der Waals surface area contributed by atoms with Crippen molar-refractivity contribution in [3.05, 3.63) is 35.4 Å². The number of unbranched alkanes of at least 4 members (excludes halogenated alkanes) is 6. The first-order valence-corrected chi connectivity index (χ1v) is 13.3. The van der Waals surface area contributed by atoms with Crippen molar-refractivity contribution in [3.63, 3.8) is 0 Å². The van der Waals surface area contributed by atoms with E-state index in [0.717, 1.165) is 24.3 Å². The minimum Gasteiger partial charge on any atom is -0.372 e. The van der Waals surface area contributed by atoms with Crippen LogP contribution in [0.25, 0.3) is 6.08 Å². The first kappa shape index (κ1) is 27.2. The van der Waals surface area contributed by atoms with E-state index in [-0.39, 0.29) is 12.0 Å². The highest BCUT2D eigenvalue weighted by molar-refractivity contribution is 7.86. The lowest BCUT2D eigenvalue weighted by Crippen LogP contribution is -2.25. The Labute approximate surface area is 189 Å². The Morgan fingerprint density at radius 3 is 1.94 bits per heavy atom. The predicted octanol–water partition coefficient (Wildman–Crippen LogP) is 6.62. The van der Waals surface area contributed by atoms with Crippen molar-refractivity contribution >= 4 is 21.9 Å². The summed E-state index contributed by atoms with van der Waals surface area (Å²) in [4.78, 5) is 2.43. The van der Waals surface area contributed by atoms with Crippen LogP contribution in [-0.4, -0.2) is 31.3 Å². The van der Waals surface area contributed by atoms with Gasteiger partial charge in [0.1, 0.15) is 5.25 Å². The second kappa shape index (κ2) is 15.0. The van der Waals surface area contributed by atoms with E-state index in [1.165, 1.54) is 51.4 Å². The molecule has 1 N–H and O–H groups in total. The quantitative estimate of drug-likeness (QED) is 0.175. The fourth-order valence-corrected chi connectivity index (χ4v) is 4.69. The van der Waals surface area contributed by atoms with Crippen LogP contribution in [0, 0.1) is 11.3 Å². The lowest BCUT2D eigenvalue weighted by Gasteiger charge is -2.25. The average Bonchev–Trinajstić information content (AvgIpc) is 2.75. The fraction of sp³-hybridized carbons (Fsp3) is 0.640. The second-order valence-electron chi connectivity index (χ2n) is 8.20. The molecule has 1 atom stereocenters. The minimum absolute atomic E-state index is 0.0769. The molecular formula is C25H40N2O3S. The van der Waals surface area contributed by atoms with E-state index in [4.69, 9.17) is 0 Å². The standard InChI is InChI=1S/C25H40N2O3S/c1-4-7-9-11-18-27(19-12-10-8-5-2)24-16-14-22(15-17-24)20-23(21-26)25(13-6-3)31(28,29)30/h14-17,20,25H,4-13,18-19H2,1-3H3,(H,28,29,30). The Bertz CT molecular complexity index is 783. The molecule has 0 bridgehead atoms. The van der Waals surface area contributed by atoms with E-state index < -0.39 is 15.4 Å². The van der Waals surface area contributed by atoms with Gasteiger partial charge in [-0.2, -0.15) is 13.7 Å². The van der Waals surface area contributed by atoms with Gasteiger partial charge in [-0.1, -0.05) is 77.8 Å². The van der Waals surface area contributed by atoms with Crippen LogP contribution in [0.5, 0.6) is 0 Å². The zero-order valence-corrected chi connectivity index (χ0v) is 20.3. The van der Waals surface area contributed by atoms with E-state index in [1.54, 1.807) is 6.08 Å². The van der Waals surface area contributed by atoms with Crippen molar-refractivity contribution in [2.75, 3.05) is 18.0 Å². The van der Waals surface area contributed by atoms with Gasteiger partial charge in [-0.05, 0) is 43.0 Å². The maximum absolute atomic E-state index is 11.7. The lowest BCUT2D eigenvalue weighted by molar-refractivity contribution is 0.469. The van der Waals surface area contributed by atoms with Crippen molar-refractivity contribution < 1.29 is 13.0 Å². The fourth-order valence-electron chi connectivity index (χ4n) is 3.71. The van der Waals surface area contributed by atoms with E-state index in [9.17, 15) is 18.2 Å². The first-order valence-electron chi connectivity index (χ1n) is 11.8.